The molecule has 0 saturated carbocycles. The average molecular weight is 500 g/mol. The molecule has 0 radical (unpaired) electrons. The minimum Gasteiger partial charge on any atom is -0.378 e. The number of rotatable bonds is 7. The Bertz CT molecular complexity index is 677. The smallest absolute Gasteiger partial charge is 0.191 e. The van der Waals surface area contributed by atoms with Crippen molar-refractivity contribution in [3.05, 3.63) is 30.1 Å². The molecule has 10 heteroatoms. The molecule has 2 rings (SSSR count). The molecule has 0 aromatic heterocycles. The van der Waals surface area contributed by atoms with Gasteiger partial charge in [-0.3, -0.25) is 4.99 Å². The van der Waals surface area contributed by atoms with Gasteiger partial charge in [0.05, 0.1) is 25.5 Å². The number of ether oxygens (including phenoxy) is 1. The second-order valence-electron chi connectivity index (χ2n) is 5.93. The Morgan fingerprint density at radius 3 is 2.38 bits per heavy atom. The van der Waals surface area contributed by atoms with Crippen molar-refractivity contribution in [2.45, 2.75) is 0 Å². The number of halogens is 2. The Kier molecular flexibility index (Phi) is 9.58. The fourth-order valence-electron chi connectivity index (χ4n) is 2.48. The molecule has 1 fully saturated rings. The van der Waals surface area contributed by atoms with Crippen LogP contribution in [0.2, 0.25) is 0 Å². The Hall–Kier alpha value is -1.14. The molecule has 1 aromatic carbocycles. The van der Waals surface area contributed by atoms with E-state index in [1.165, 1.54) is 18.4 Å². The number of piperazine rings is 1. The van der Waals surface area contributed by atoms with Gasteiger partial charge in [-0.25, -0.2) is 12.8 Å². The molecule has 1 aromatic rings. The third-order valence-electron chi connectivity index (χ3n) is 3.90. The van der Waals surface area contributed by atoms with E-state index >= 15 is 0 Å². The zero-order valence-electron chi connectivity index (χ0n) is 14.8. The van der Waals surface area contributed by atoms with E-state index in [1.54, 1.807) is 12.1 Å². The lowest BCUT2D eigenvalue weighted by molar-refractivity contribution is 0.157. The average Bonchev–Trinajstić information content (AvgIpc) is 2.58. The molecular formula is C16H26FIN4O3S. The number of nitrogens with zero attached hydrogens (tertiary/aromatic N) is 3. The summed E-state index contributed by atoms with van der Waals surface area (Å²) in [6.45, 7) is 3.95. The zero-order chi connectivity index (χ0) is 18.3. The third-order valence-corrected chi connectivity index (χ3v) is 4.81. The first-order valence-electron chi connectivity index (χ1n) is 8.16. The van der Waals surface area contributed by atoms with Crippen LogP contribution in [0.25, 0.3) is 0 Å². The lowest BCUT2D eigenvalue weighted by atomic mass is 10.2. The van der Waals surface area contributed by atoms with Gasteiger partial charge in [-0.15, -0.1) is 24.0 Å². The predicted octanol–water partition coefficient (Wildman–Crippen LogP) is 0.942. The van der Waals surface area contributed by atoms with Crippen LogP contribution in [0.3, 0.4) is 0 Å². The molecule has 0 amide bonds. The molecule has 0 aliphatic carbocycles. The molecule has 1 aliphatic heterocycles. The number of sulfone groups is 1. The van der Waals surface area contributed by atoms with Crippen molar-refractivity contribution >= 4 is 45.5 Å². The van der Waals surface area contributed by atoms with Crippen LogP contribution in [0.4, 0.5) is 10.1 Å². The van der Waals surface area contributed by atoms with Gasteiger partial charge in [0.2, 0.25) is 0 Å². The molecule has 1 saturated heterocycles. The molecule has 0 bridgehead atoms. The highest BCUT2D eigenvalue weighted by Crippen LogP contribution is 2.16. The minimum absolute atomic E-state index is 0. The zero-order valence-corrected chi connectivity index (χ0v) is 18.0. The van der Waals surface area contributed by atoms with Crippen molar-refractivity contribution < 1.29 is 17.5 Å². The highest BCUT2D eigenvalue weighted by Gasteiger charge is 2.18. The van der Waals surface area contributed by atoms with Crippen molar-refractivity contribution in [3.8, 4) is 0 Å². The van der Waals surface area contributed by atoms with Crippen LogP contribution in [-0.4, -0.2) is 77.2 Å². The van der Waals surface area contributed by atoms with Crippen molar-refractivity contribution in [2.24, 2.45) is 10.7 Å². The summed E-state index contributed by atoms with van der Waals surface area (Å²) in [5.41, 5.74) is 6.99. The second kappa shape index (κ2) is 10.9. The van der Waals surface area contributed by atoms with Gasteiger partial charge >= 0.3 is 0 Å². The monoisotopic (exact) mass is 500 g/mol. The molecule has 1 heterocycles. The predicted molar refractivity (Wildman–Crippen MR) is 113 cm³/mol. The summed E-state index contributed by atoms with van der Waals surface area (Å²) >= 11 is 0. The Labute approximate surface area is 171 Å². The largest absolute Gasteiger partial charge is 0.378 e. The Morgan fingerprint density at radius 2 is 1.81 bits per heavy atom. The standard InChI is InChI=1S/C16H25FN4O3S.HI/c1-25(22,23)13-12-24-11-6-19-16(18)21-9-7-20(8-10-21)15-4-2-14(17)3-5-15;/h2-5H,6-13H2,1H3,(H2,18,19);1H. The minimum atomic E-state index is -2.99. The molecule has 1 aliphatic rings. The van der Waals surface area contributed by atoms with E-state index in [-0.39, 0.29) is 42.2 Å². The van der Waals surface area contributed by atoms with E-state index in [9.17, 15) is 12.8 Å². The van der Waals surface area contributed by atoms with Crippen LogP contribution in [0.5, 0.6) is 0 Å². The van der Waals surface area contributed by atoms with Gasteiger partial charge in [0, 0.05) is 38.1 Å². The molecule has 0 unspecified atom stereocenters. The highest BCUT2D eigenvalue weighted by molar-refractivity contribution is 14.0. The molecular weight excluding hydrogens is 474 g/mol. The summed E-state index contributed by atoms with van der Waals surface area (Å²) in [6, 6.07) is 6.47. The number of anilines is 1. The molecule has 0 atom stereocenters. The van der Waals surface area contributed by atoms with Crippen LogP contribution in [-0.2, 0) is 14.6 Å². The molecule has 26 heavy (non-hydrogen) atoms. The number of hydrogen-bond donors (Lipinski definition) is 1. The van der Waals surface area contributed by atoms with Gasteiger partial charge in [0.25, 0.3) is 0 Å². The SMILES string of the molecule is CS(=O)(=O)CCOCCN=C(N)N1CCN(c2ccc(F)cc2)CC1.I. The summed E-state index contributed by atoms with van der Waals surface area (Å²) < 4.78 is 40.1. The van der Waals surface area contributed by atoms with Gasteiger partial charge in [0.15, 0.2) is 5.96 Å². The first-order chi connectivity index (χ1) is 11.8. The molecule has 7 nitrogen and oxygen atoms in total. The van der Waals surface area contributed by atoms with Gasteiger partial charge < -0.3 is 20.3 Å². The highest BCUT2D eigenvalue weighted by atomic mass is 127. The molecule has 2 N–H and O–H groups in total. The second-order valence-corrected chi connectivity index (χ2v) is 8.19. The van der Waals surface area contributed by atoms with Crippen molar-refractivity contribution in [2.75, 3.05) is 62.8 Å². The first-order valence-corrected chi connectivity index (χ1v) is 10.2. The van der Waals surface area contributed by atoms with E-state index in [2.05, 4.69) is 9.89 Å². The quantitative estimate of drug-likeness (QED) is 0.260. The number of aliphatic imine (C=N–C) groups is 1. The summed E-state index contributed by atoms with van der Waals surface area (Å²) in [5, 5.41) is 0. The summed E-state index contributed by atoms with van der Waals surface area (Å²) in [5.74, 6) is 0.236. The number of benzene rings is 1. The van der Waals surface area contributed by atoms with Crippen LogP contribution in [0, 0.1) is 5.82 Å². The summed E-state index contributed by atoms with van der Waals surface area (Å²) in [6.07, 6.45) is 1.18. The van der Waals surface area contributed by atoms with Gasteiger partial charge in [-0.2, -0.15) is 0 Å². The van der Waals surface area contributed by atoms with Crippen LogP contribution in [0.1, 0.15) is 0 Å². The van der Waals surface area contributed by atoms with Crippen LogP contribution >= 0.6 is 24.0 Å². The van der Waals surface area contributed by atoms with Crippen molar-refractivity contribution in [3.63, 3.8) is 0 Å². The van der Waals surface area contributed by atoms with Crippen LogP contribution < -0.4 is 10.6 Å². The Balaban J connectivity index is 0.00000338. The normalized spacial score (nSPS) is 15.7. The maximum atomic E-state index is 13.0. The maximum Gasteiger partial charge on any atom is 0.191 e. The third kappa shape index (κ3) is 8.04. The van der Waals surface area contributed by atoms with Gasteiger partial charge in [-0.1, -0.05) is 0 Å². The molecule has 0 spiro atoms. The maximum absolute atomic E-state index is 13.0. The van der Waals surface area contributed by atoms with Gasteiger partial charge in [-0.05, 0) is 24.3 Å². The van der Waals surface area contributed by atoms with Crippen molar-refractivity contribution in [1.82, 2.24) is 4.90 Å². The lowest BCUT2D eigenvalue weighted by Gasteiger charge is -2.36. The van der Waals surface area contributed by atoms with Crippen LogP contribution in [0.15, 0.2) is 29.3 Å². The molecule has 148 valence electrons. The first kappa shape index (κ1) is 22.9. The van der Waals surface area contributed by atoms with Gasteiger partial charge in [0.1, 0.15) is 15.7 Å². The van der Waals surface area contributed by atoms with E-state index in [4.69, 9.17) is 10.5 Å². The van der Waals surface area contributed by atoms with E-state index in [0.29, 0.717) is 19.1 Å². The van der Waals surface area contributed by atoms with E-state index in [1.807, 2.05) is 4.90 Å². The fraction of sp³-hybridized carbons (Fsp3) is 0.562. The van der Waals surface area contributed by atoms with Crippen molar-refractivity contribution in [1.29, 1.82) is 0 Å². The topological polar surface area (TPSA) is 88.2 Å². The number of hydrogen-bond acceptors (Lipinski definition) is 5. The number of nitrogens with two attached hydrogens (primary N) is 1. The lowest BCUT2D eigenvalue weighted by Crippen LogP contribution is -2.51. The Morgan fingerprint density at radius 1 is 1.19 bits per heavy atom. The van der Waals surface area contributed by atoms with E-state index in [0.717, 1.165) is 31.9 Å². The number of guanidine groups is 1. The van der Waals surface area contributed by atoms with E-state index < -0.39 is 9.84 Å². The summed E-state index contributed by atoms with van der Waals surface area (Å²) in [4.78, 5) is 8.44. The fourth-order valence-corrected chi connectivity index (χ4v) is 2.90. The summed E-state index contributed by atoms with van der Waals surface area (Å²) in [7, 11) is -2.99.